The van der Waals surface area contributed by atoms with E-state index >= 15 is 0 Å². The number of tetrazole rings is 1. The zero-order chi connectivity index (χ0) is 11.7. The highest BCUT2D eigenvalue weighted by Gasteiger charge is 2.10. The fourth-order valence-electron chi connectivity index (χ4n) is 1.62. The van der Waals surface area contributed by atoms with Crippen molar-refractivity contribution in [3.8, 4) is 0 Å². The van der Waals surface area contributed by atoms with E-state index in [4.69, 9.17) is 0 Å². The van der Waals surface area contributed by atoms with Crippen molar-refractivity contribution >= 4 is 5.95 Å². The number of anilines is 1. The van der Waals surface area contributed by atoms with Crippen LogP contribution in [0.1, 0.15) is 17.0 Å². The number of aryl methyl sites for hydroxylation is 3. The molecule has 0 aromatic carbocycles. The molecule has 0 unspecified atom stereocenters. The molecule has 0 atom stereocenters. The van der Waals surface area contributed by atoms with Crippen LogP contribution in [-0.4, -0.2) is 30.0 Å². The summed E-state index contributed by atoms with van der Waals surface area (Å²) in [7, 11) is 3.74. The smallest absolute Gasteiger partial charge is 0.242 e. The normalized spacial score (nSPS) is 10.8. The van der Waals surface area contributed by atoms with Gasteiger partial charge in [0.25, 0.3) is 0 Å². The first-order chi connectivity index (χ1) is 7.59. The molecule has 0 fully saturated rings. The van der Waals surface area contributed by atoms with Crippen molar-refractivity contribution in [2.24, 2.45) is 14.1 Å². The molecule has 2 aromatic heterocycles. The lowest BCUT2D eigenvalue weighted by molar-refractivity contribution is 0.712. The second kappa shape index (κ2) is 3.92. The van der Waals surface area contributed by atoms with Gasteiger partial charge >= 0.3 is 0 Å². The average Bonchev–Trinajstić information content (AvgIpc) is 2.72. The number of nitrogens with one attached hydrogen (secondary N) is 1. The van der Waals surface area contributed by atoms with Gasteiger partial charge in [-0.3, -0.25) is 4.68 Å². The van der Waals surface area contributed by atoms with Crippen LogP contribution in [0.25, 0.3) is 0 Å². The van der Waals surface area contributed by atoms with Crippen LogP contribution in [-0.2, 0) is 20.6 Å². The van der Waals surface area contributed by atoms with E-state index in [1.165, 1.54) is 5.56 Å². The van der Waals surface area contributed by atoms with E-state index in [-0.39, 0.29) is 0 Å². The minimum absolute atomic E-state index is 0.655. The van der Waals surface area contributed by atoms with E-state index in [2.05, 4.69) is 25.9 Å². The fraction of sp³-hybridized carbons (Fsp3) is 0.556. The van der Waals surface area contributed by atoms with Gasteiger partial charge in [-0.05, 0) is 24.3 Å². The van der Waals surface area contributed by atoms with E-state index in [1.807, 2.05) is 25.6 Å². The standard InChI is InChI=1S/C9H15N7/c1-6-8(7(2)15(3)12-6)5-10-9-11-13-14-16(9)4/h5H2,1-4H3,(H,10,11,14). The molecular weight excluding hydrogens is 206 g/mol. The van der Waals surface area contributed by atoms with Crippen molar-refractivity contribution < 1.29 is 0 Å². The minimum atomic E-state index is 0.655. The quantitative estimate of drug-likeness (QED) is 0.800. The first-order valence-corrected chi connectivity index (χ1v) is 5.05. The largest absolute Gasteiger partial charge is 0.349 e. The Bertz CT molecular complexity index is 496. The maximum atomic E-state index is 4.35. The molecule has 7 nitrogen and oxygen atoms in total. The summed E-state index contributed by atoms with van der Waals surface area (Å²) in [5.74, 6) is 0.655. The van der Waals surface area contributed by atoms with Crippen molar-refractivity contribution in [1.82, 2.24) is 30.0 Å². The molecule has 0 saturated carbocycles. The highest BCUT2D eigenvalue weighted by molar-refractivity contribution is 5.30. The van der Waals surface area contributed by atoms with E-state index in [0.29, 0.717) is 12.5 Å². The van der Waals surface area contributed by atoms with Crippen LogP contribution in [0, 0.1) is 13.8 Å². The molecule has 86 valence electrons. The maximum absolute atomic E-state index is 4.35. The predicted octanol–water partition coefficient (Wildman–Crippen LogP) is 0.173. The summed E-state index contributed by atoms with van der Waals surface area (Å²) < 4.78 is 3.47. The van der Waals surface area contributed by atoms with Gasteiger partial charge in [0.1, 0.15) is 0 Å². The second-order valence-electron chi connectivity index (χ2n) is 3.75. The topological polar surface area (TPSA) is 73.5 Å². The summed E-state index contributed by atoms with van der Waals surface area (Å²) in [4.78, 5) is 0. The zero-order valence-electron chi connectivity index (χ0n) is 9.89. The summed E-state index contributed by atoms with van der Waals surface area (Å²) in [6.07, 6.45) is 0. The molecule has 0 aliphatic carbocycles. The van der Waals surface area contributed by atoms with Crippen molar-refractivity contribution in [2.75, 3.05) is 5.32 Å². The van der Waals surface area contributed by atoms with Crippen LogP contribution in [0.2, 0.25) is 0 Å². The Hall–Kier alpha value is -1.92. The van der Waals surface area contributed by atoms with Crippen LogP contribution < -0.4 is 5.32 Å². The number of hydrogen-bond donors (Lipinski definition) is 1. The molecule has 2 rings (SSSR count). The molecule has 2 heterocycles. The first-order valence-electron chi connectivity index (χ1n) is 5.05. The number of hydrogen-bond acceptors (Lipinski definition) is 5. The Kier molecular flexibility index (Phi) is 2.59. The molecular formula is C9H15N7. The molecule has 0 spiro atoms. The Balaban J connectivity index is 2.13. The highest BCUT2D eigenvalue weighted by Crippen LogP contribution is 2.13. The third-order valence-corrected chi connectivity index (χ3v) is 2.70. The van der Waals surface area contributed by atoms with Crippen molar-refractivity contribution in [3.05, 3.63) is 17.0 Å². The molecule has 1 N–H and O–H groups in total. The molecule has 0 radical (unpaired) electrons. The van der Waals surface area contributed by atoms with Crippen LogP contribution >= 0.6 is 0 Å². The summed E-state index contributed by atoms with van der Waals surface area (Å²) in [6, 6.07) is 0. The van der Waals surface area contributed by atoms with E-state index in [1.54, 1.807) is 11.7 Å². The Morgan fingerprint density at radius 2 is 1.94 bits per heavy atom. The molecule has 7 heteroatoms. The summed E-state index contributed by atoms with van der Waals surface area (Å²) in [6.45, 7) is 4.73. The van der Waals surface area contributed by atoms with E-state index in [0.717, 1.165) is 11.4 Å². The molecule has 0 aliphatic heterocycles. The Morgan fingerprint density at radius 1 is 1.19 bits per heavy atom. The predicted molar refractivity (Wildman–Crippen MR) is 58.8 cm³/mol. The zero-order valence-corrected chi connectivity index (χ0v) is 9.89. The Morgan fingerprint density at radius 3 is 2.44 bits per heavy atom. The third-order valence-electron chi connectivity index (χ3n) is 2.70. The summed E-state index contributed by atoms with van der Waals surface area (Å²) in [5.41, 5.74) is 3.37. The third kappa shape index (κ3) is 1.75. The SMILES string of the molecule is Cc1nn(C)c(C)c1CNc1nnnn1C. The summed E-state index contributed by atoms with van der Waals surface area (Å²) >= 11 is 0. The fourth-order valence-corrected chi connectivity index (χ4v) is 1.62. The van der Waals surface area contributed by atoms with Gasteiger partial charge in [0, 0.05) is 31.9 Å². The summed E-state index contributed by atoms with van der Waals surface area (Å²) in [5, 5.41) is 18.7. The highest BCUT2D eigenvalue weighted by atomic mass is 15.6. The van der Waals surface area contributed by atoms with Gasteiger partial charge in [0.2, 0.25) is 5.95 Å². The number of rotatable bonds is 3. The van der Waals surface area contributed by atoms with Crippen LogP contribution in [0.5, 0.6) is 0 Å². The monoisotopic (exact) mass is 221 g/mol. The van der Waals surface area contributed by atoms with Gasteiger partial charge in [-0.25, -0.2) is 4.68 Å². The first kappa shape index (κ1) is 10.6. The molecule has 16 heavy (non-hydrogen) atoms. The van der Waals surface area contributed by atoms with E-state index in [9.17, 15) is 0 Å². The lowest BCUT2D eigenvalue weighted by atomic mass is 10.2. The van der Waals surface area contributed by atoms with Gasteiger partial charge in [0.15, 0.2) is 0 Å². The number of nitrogens with zero attached hydrogens (tertiary/aromatic N) is 6. The maximum Gasteiger partial charge on any atom is 0.242 e. The Labute approximate surface area is 93.5 Å². The average molecular weight is 221 g/mol. The van der Waals surface area contributed by atoms with Gasteiger partial charge in [0.05, 0.1) is 5.69 Å². The number of aromatic nitrogens is 6. The lowest BCUT2D eigenvalue weighted by Gasteiger charge is -2.04. The van der Waals surface area contributed by atoms with Crippen LogP contribution in [0.3, 0.4) is 0 Å². The molecule has 2 aromatic rings. The van der Waals surface area contributed by atoms with Crippen molar-refractivity contribution in [3.63, 3.8) is 0 Å². The molecule has 0 aliphatic rings. The molecule has 0 bridgehead atoms. The molecule has 0 saturated heterocycles. The van der Waals surface area contributed by atoms with E-state index < -0.39 is 0 Å². The van der Waals surface area contributed by atoms with Gasteiger partial charge in [-0.15, -0.1) is 0 Å². The van der Waals surface area contributed by atoms with Crippen molar-refractivity contribution in [1.29, 1.82) is 0 Å². The minimum Gasteiger partial charge on any atom is -0.349 e. The van der Waals surface area contributed by atoms with Crippen LogP contribution in [0.15, 0.2) is 0 Å². The van der Waals surface area contributed by atoms with Crippen LogP contribution in [0.4, 0.5) is 5.95 Å². The second-order valence-corrected chi connectivity index (χ2v) is 3.75. The van der Waals surface area contributed by atoms with Gasteiger partial charge in [-0.1, -0.05) is 5.10 Å². The van der Waals surface area contributed by atoms with Crippen molar-refractivity contribution in [2.45, 2.75) is 20.4 Å². The lowest BCUT2D eigenvalue weighted by Crippen LogP contribution is -2.07. The van der Waals surface area contributed by atoms with Gasteiger partial charge < -0.3 is 5.32 Å². The molecule has 0 amide bonds. The van der Waals surface area contributed by atoms with Gasteiger partial charge in [-0.2, -0.15) is 5.10 Å².